The van der Waals surface area contributed by atoms with Gasteiger partial charge in [0.1, 0.15) is 11.9 Å². The molecule has 7 heteroatoms. The van der Waals surface area contributed by atoms with Gasteiger partial charge in [-0.25, -0.2) is 4.39 Å². The largest absolute Gasteiger partial charge is 0.368 e. The Kier molecular flexibility index (Phi) is 6.35. The average molecular weight is 426 g/mol. The van der Waals surface area contributed by atoms with Crippen LogP contribution in [0.15, 0.2) is 60.9 Å². The van der Waals surface area contributed by atoms with Crippen LogP contribution >= 0.6 is 11.6 Å². The van der Waals surface area contributed by atoms with E-state index in [2.05, 4.69) is 9.97 Å². The minimum Gasteiger partial charge on any atom is -0.368 e. The predicted molar refractivity (Wildman–Crippen MR) is 112 cm³/mol. The highest BCUT2D eigenvalue weighted by Gasteiger charge is 2.28. The molecule has 0 radical (unpaired) electrons. The van der Waals surface area contributed by atoms with Crippen molar-refractivity contribution in [3.05, 3.63) is 83.0 Å². The van der Waals surface area contributed by atoms with Crippen LogP contribution in [0.1, 0.15) is 23.8 Å². The van der Waals surface area contributed by atoms with Gasteiger partial charge in [-0.15, -0.1) is 0 Å². The molecular weight excluding hydrogens is 405 g/mol. The maximum atomic E-state index is 13.7. The van der Waals surface area contributed by atoms with Crippen molar-refractivity contribution in [2.24, 2.45) is 0 Å². The Balaban J connectivity index is 1.47. The van der Waals surface area contributed by atoms with E-state index in [1.807, 2.05) is 24.3 Å². The summed E-state index contributed by atoms with van der Waals surface area (Å²) in [5, 5.41) is 0.666. The van der Waals surface area contributed by atoms with Gasteiger partial charge >= 0.3 is 0 Å². The smallest absolute Gasteiger partial charge is 0.223 e. The molecule has 1 atom stereocenters. The van der Waals surface area contributed by atoms with Crippen molar-refractivity contribution < 1.29 is 13.9 Å². The van der Waals surface area contributed by atoms with Crippen molar-refractivity contribution in [1.82, 2.24) is 14.9 Å². The second kappa shape index (κ2) is 9.32. The van der Waals surface area contributed by atoms with Gasteiger partial charge in [0.15, 0.2) is 0 Å². The second-order valence-electron chi connectivity index (χ2n) is 7.13. The highest BCUT2D eigenvalue weighted by atomic mass is 35.5. The Morgan fingerprint density at radius 1 is 1.17 bits per heavy atom. The van der Waals surface area contributed by atoms with Crippen LogP contribution in [0.3, 0.4) is 0 Å². The van der Waals surface area contributed by atoms with Gasteiger partial charge < -0.3 is 9.64 Å². The number of amides is 1. The summed E-state index contributed by atoms with van der Waals surface area (Å²) in [7, 11) is 0. The third kappa shape index (κ3) is 4.83. The first-order chi connectivity index (χ1) is 14.6. The normalized spacial score (nSPS) is 16.5. The fourth-order valence-corrected chi connectivity index (χ4v) is 3.80. The first-order valence-electron chi connectivity index (χ1n) is 9.81. The van der Waals surface area contributed by atoms with Crippen molar-refractivity contribution in [2.75, 3.05) is 19.7 Å². The van der Waals surface area contributed by atoms with E-state index in [9.17, 15) is 9.18 Å². The van der Waals surface area contributed by atoms with Crippen molar-refractivity contribution in [3.63, 3.8) is 0 Å². The number of hydrogen-bond donors (Lipinski definition) is 0. The number of hydrogen-bond acceptors (Lipinski definition) is 4. The molecule has 0 bridgehead atoms. The van der Waals surface area contributed by atoms with Gasteiger partial charge in [-0.3, -0.25) is 14.8 Å². The highest BCUT2D eigenvalue weighted by Crippen LogP contribution is 2.29. The fourth-order valence-electron chi connectivity index (χ4n) is 3.59. The molecule has 1 fully saturated rings. The number of carbonyl (C=O) groups is 1. The number of aryl methyl sites for hydroxylation is 1. The van der Waals surface area contributed by atoms with Crippen LogP contribution < -0.4 is 0 Å². The molecule has 1 unspecified atom stereocenters. The summed E-state index contributed by atoms with van der Waals surface area (Å²) in [6, 6.07) is 13.8. The molecule has 1 saturated heterocycles. The molecule has 2 heterocycles. The van der Waals surface area contributed by atoms with E-state index in [0.717, 1.165) is 5.56 Å². The number of morpholine rings is 1. The van der Waals surface area contributed by atoms with E-state index in [0.29, 0.717) is 54.5 Å². The van der Waals surface area contributed by atoms with E-state index in [1.54, 1.807) is 29.4 Å². The maximum absolute atomic E-state index is 13.7. The van der Waals surface area contributed by atoms with Gasteiger partial charge in [-0.2, -0.15) is 0 Å². The highest BCUT2D eigenvalue weighted by molar-refractivity contribution is 6.30. The van der Waals surface area contributed by atoms with Crippen LogP contribution in [0.25, 0.3) is 11.3 Å². The van der Waals surface area contributed by atoms with E-state index >= 15 is 0 Å². The zero-order valence-corrected chi connectivity index (χ0v) is 17.1. The van der Waals surface area contributed by atoms with E-state index < -0.39 is 6.10 Å². The van der Waals surface area contributed by atoms with E-state index in [1.165, 1.54) is 12.1 Å². The molecule has 154 valence electrons. The quantitative estimate of drug-likeness (QED) is 0.605. The molecule has 1 aliphatic rings. The lowest BCUT2D eigenvalue weighted by atomic mass is 10.0. The standard InChI is InChI=1S/C23H21ClFN3O2/c24-18-5-1-3-16(13-18)7-8-21(29)28-11-12-30-20(15-28)23-22(26-9-10-27-23)17-4-2-6-19(25)14-17/h1-6,9-10,13-14,20H,7-8,11-12,15H2. The average Bonchev–Trinajstić information content (AvgIpc) is 2.77. The van der Waals surface area contributed by atoms with Crippen LogP contribution in [-0.4, -0.2) is 40.5 Å². The molecule has 0 N–H and O–H groups in total. The van der Waals surface area contributed by atoms with E-state index in [-0.39, 0.29) is 11.7 Å². The topological polar surface area (TPSA) is 55.3 Å². The Bertz CT molecular complexity index is 1050. The van der Waals surface area contributed by atoms with Crippen LogP contribution in [0.5, 0.6) is 0 Å². The van der Waals surface area contributed by atoms with Crippen molar-refractivity contribution in [3.8, 4) is 11.3 Å². The molecule has 2 aromatic carbocycles. The van der Waals surface area contributed by atoms with Crippen LogP contribution in [0.2, 0.25) is 5.02 Å². The molecule has 0 spiro atoms. The zero-order valence-electron chi connectivity index (χ0n) is 16.3. The Morgan fingerprint density at radius 3 is 2.83 bits per heavy atom. The van der Waals surface area contributed by atoms with Crippen molar-refractivity contribution >= 4 is 17.5 Å². The first-order valence-corrected chi connectivity index (χ1v) is 10.2. The van der Waals surface area contributed by atoms with Gasteiger partial charge in [-0.1, -0.05) is 35.9 Å². The number of rotatable bonds is 5. The molecular formula is C23H21ClFN3O2. The van der Waals surface area contributed by atoms with Gasteiger partial charge in [0.2, 0.25) is 5.91 Å². The number of aromatic nitrogens is 2. The molecule has 1 amide bonds. The molecule has 1 aliphatic heterocycles. The molecule has 30 heavy (non-hydrogen) atoms. The summed E-state index contributed by atoms with van der Waals surface area (Å²) in [4.78, 5) is 23.4. The summed E-state index contributed by atoms with van der Waals surface area (Å²) in [5.74, 6) is -0.286. The number of carbonyl (C=O) groups excluding carboxylic acids is 1. The lowest BCUT2D eigenvalue weighted by Gasteiger charge is -2.33. The lowest BCUT2D eigenvalue weighted by Crippen LogP contribution is -2.42. The maximum Gasteiger partial charge on any atom is 0.223 e. The number of benzene rings is 2. The molecule has 5 nitrogen and oxygen atoms in total. The lowest BCUT2D eigenvalue weighted by molar-refractivity contribution is -0.139. The molecule has 3 aromatic rings. The minimum absolute atomic E-state index is 0.0551. The van der Waals surface area contributed by atoms with Crippen LogP contribution in [0, 0.1) is 5.82 Å². The molecule has 1 aromatic heterocycles. The Morgan fingerprint density at radius 2 is 2.00 bits per heavy atom. The first kappa shape index (κ1) is 20.4. The van der Waals surface area contributed by atoms with Crippen molar-refractivity contribution in [1.29, 1.82) is 0 Å². The summed E-state index contributed by atoms with van der Waals surface area (Å²) < 4.78 is 19.6. The van der Waals surface area contributed by atoms with E-state index in [4.69, 9.17) is 16.3 Å². The summed E-state index contributed by atoms with van der Waals surface area (Å²) >= 11 is 6.02. The third-order valence-corrected chi connectivity index (χ3v) is 5.30. The minimum atomic E-state index is -0.416. The Hall–Kier alpha value is -2.83. The monoisotopic (exact) mass is 425 g/mol. The summed E-state index contributed by atoms with van der Waals surface area (Å²) in [6.45, 7) is 1.32. The predicted octanol–water partition coefficient (Wildman–Crippen LogP) is 4.47. The van der Waals surface area contributed by atoms with Gasteiger partial charge in [0, 0.05) is 35.9 Å². The molecule has 4 rings (SSSR count). The Labute approximate surface area is 179 Å². The van der Waals surface area contributed by atoms with Gasteiger partial charge in [-0.05, 0) is 36.2 Å². The second-order valence-corrected chi connectivity index (χ2v) is 7.57. The van der Waals surface area contributed by atoms with Crippen LogP contribution in [-0.2, 0) is 16.0 Å². The number of halogens is 2. The zero-order chi connectivity index (χ0) is 20.9. The van der Waals surface area contributed by atoms with Crippen molar-refractivity contribution in [2.45, 2.75) is 18.9 Å². The number of nitrogens with zero attached hydrogens (tertiary/aromatic N) is 3. The SMILES string of the molecule is O=C(CCc1cccc(Cl)c1)N1CCOC(c2nccnc2-c2cccc(F)c2)C1. The molecule has 0 saturated carbocycles. The molecule has 0 aliphatic carbocycles. The summed E-state index contributed by atoms with van der Waals surface area (Å²) in [5.41, 5.74) is 2.83. The summed E-state index contributed by atoms with van der Waals surface area (Å²) in [6.07, 6.45) is 3.76. The van der Waals surface area contributed by atoms with Crippen LogP contribution in [0.4, 0.5) is 4.39 Å². The number of ether oxygens (including phenoxy) is 1. The van der Waals surface area contributed by atoms with Gasteiger partial charge in [0.25, 0.3) is 0 Å². The fraction of sp³-hybridized carbons (Fsp3) is 0.261. The van der Waals surface area contributed by atoms with Gasteiger partial charge in [0.05, 0.1) is 24.5 Å². The third-order valence-electron chi connectivity index (χ3n) is 5.07.